The molecule has 0 aliphatic rings. The van der Waals surface area contributed by atoms with E-state index < -0.39 is 0 Å². The second-order valence-corrected chi connectivity index (χ2v) is 3.51. The van der Waals surface area contributed by atoms with Gasteiger partial charge in [0, 0.05) is 6.07 Å². The third kappa shape index (κ3) is 2.35. The SMILES string of the molecule is N[C@@H](Cc1ccccc1)c1cc(=O)[nH][nH]1. The highest BCUT2D eigenvalue weighted by Crippen LogP contribution is 2.11. The molecular weight excluding hydrogens is 190 g/mol. The predicted octanol–water partition coefficient (Wildman–Crippen LogP) is 0.945. The van der Waals surface area contributed by atoms with Crippen LogP contribution in [0.4, 0.5) is 0 Å². The van der Waals surface area contributed by atoms with E-state index in [9.17, 15) is 4.79 Å². The van der Waals surface area contributed by atoms with E-state index in [1.165, 1.54) is 6.07 Å². The summed E-state index contributed by atoms with van der Waals surface area (Å²) in [5, 5.41) is 5.24. The molecule has 4 heteroatoms. The molecule has 0 saturated heterocycles. The summed E-state index contributed by atoms with van der Waals surface area (Å²) in [6.45, 7) is 0. The number of aromatic amines is 2. The Kier molecular flexibility index (Phi) is 2.69. The summed E-state index contributed by atoms with van der Waals surface area (Å²) in [7, 11) is 0. The monoisotopic (exact) mass is 203 g/mol. The number of rotatable bonds is 3. The van der Waals surface area contributed by atoms with Crippen molar-refractivity contribution in [3.8, 4) is 0 Å². The van der Waals surface area contributed by atoms with Crippen LogP contribution in [0.25, 0.3) is 0 Å². The summed E-state index contributed by atoms with van der Waals surface area (Å²) >= 11 is 0. The molecule has 0 radical (unpaired) electrons. The predicted molar refractivity (Wildman–Crippen MR) is 58.5 cm³/mol. The van der Waals surface area contributed by atoms with Crippen LogP contribution < -0.4 is 11.3 Å². The molecule has 15 heavy (non-hydrogen) atoms. The van der Waals surface area contributed by atoms with Crippen molar-refractivity contribution in [1.29, 1.82) is 0 Å². The molecule has 0 aliphatic carbocycles. The lowest BCUT2D eigenvalue weighted by Gasteiger charge is -2.08. The fourth-order valence-corrected chi connectivity index (χ4v) is 1.52. The van der Waals surface area contributed by atoms with Crippen LogP contribution in [0.5, 0.6) is 0 Å². The Hall–Kier alpha value is -1.81. The van der Waals surface area contributed by atoms with E-state index in [2.05, 4.69) is 10.2 Å². The van der Waals surface area contributed by atoms with Gasteiger partial charge in [-0.25, -0.2) is 0 Å². The van der Waals surface area contributed by atoms with Crippen LogP contribution in [-0.4, -0.2) is 10.2 Å². The van der Waals surface area contributed by atoms with Crippen molar-refractivity contribution in [3.05, 3.63) is 58.0 Å². The number of nitrogens with two attached hydrogens (primary N) is 1. The van der Waals surface area contributed by atoms with Gasteiger partial charge in [0.25, 0.3) is 5.56 Å². The molecule has 0 fully saturated rings. The maximum atomic E-state index is 10.9. The minimum absolute atomic E-state index is 0.145. The van der Waals surface area contributed by atoms with E-state index in [0.29, 0.717) is 6.42 Å². The van der Waals surface area contributed by atoms with E-state index in [4.69, 9.17) is 5.73 Å². The molecule has 0 unspecified atom stereocenters. The minimum atomic E-state index is -0.175. The molecule has 1 aromatic heterocycles. The van der Waals surface area contributed by atoms with Crippen LogP contribution in [0.2, 0.25) is 0 Å². The number of H-pyrrole nitrogens is 2. The first-order valence-electron chi connectivity index (χ1n) is 4.83. The maximum Gasteiger partial charge on any atom is 0.264 e. The summed E-state index contributed by atoms with van der Waals surface area (Å²) in [4.78, 5) is 10.9. The highest BCUT2D eigenvalue weighted by atomic mass is 16.1. The van der Waals surface area contributed by atoms with Crippen molar-refractivity contribution in [1.82, 2.24) is 10.2 Å². The third-order valence-corrected chi connectivity index (χ3v) is 2.31. The lowest BCUT2D eigenvalue weighted by atomic mass is 10.0. The van der Waals surface area contributed by atoms with Gasteiger partial charge in [0.2, 0.25) is 0 Å². The number of benzene rings is 1. The van der Waals surface area contributed by atoms with E-state index in [0.717, 1.165) is 11.3 Å². The van der Waals surface area contributed by atoms with Gasteiger partial charge in [0.15, 0.2) is 0 Å². The van der Waals surface area contributed by atoms with Crippen LogP contribution in [0.15, 0.2) is 41.2 Å². The van der Waals surface area contributed by atoms with Gasteiger partial charge in [-0.2, -0.15) is 0 Å². The van der Waals surface area contributed by atoms with Crippen molar-refractivity contribution < 1.29 is 0 Å². The Morgan fingerprint density at radius 1 is 1.20 bits per heavy atom. The van der Waals surface area contributed by atoms with Gasteiger partial charge < -0.3 is 10.8 Å². The first-order valence-corrected chi connectivity index (χ1v) is 4.83. The molecule has 0 aliphatic heterocycles. The van der Waals surface area contributed by atoms with Gasteiger partial charge in [-0.3, -0.25) is 9.89 Å². The van der Waals surface area contributed by atoms with Gasteiger partial charge in [-0.05, 0) is 12.0 Å². The summed E-state index contributed by atoms with van der Waals surface area (Å²) in [5.74, 6) is 0. The standard InChI is InChI=1S/C11H13N3O/c12-9(10-7-11(15)14-13-10)6-8-4-2-1-3-5-8/h1-5,7,9H,6,12H2,(H2,13,14,15)/t9-/m0/s1. The zero-order valence-corrected chi connectivity index (χ0v) is 8.23. The van der Waals surface area contributed by atoms with E-state index >= 15 is 0 Å². The summed E-state index contributed by atoms with van der Waals surface area (Å²) < 4.78 is 0. The molecule has 4 N–H and O–H groups in total. The van der Waals surface area contributed by atoms with Crippen LogP contribution in [0.3, 0.4) is 0 Å². The largest absolute Gasteiger partial charge is 0.322 e. The van der Waals surface area contributed by atoms with Crippen molar-refractivity contribution in [2.75, 3.05) is 0 Å². The lowest BCUT2D eigenvalue weighted by molar-refractivity contribution is 0.692. The van der Waals surface area contributed by atoms with Crippen LogP contribution in [-0.2, 0) is 6.42 Å². The minimum Gasteiger partial charge on any atom is -0.322 e. The summed E-state index contributed by atoms with van der Waals surface area (Å²) in [6.07, 6.45) is 0.717. The molecule has 0 spiro atoms. The zero-order valence-electron chi connectivity index (χ0n) is 8.23. The highest BCUT2D eigenvalue weighted by molar-refractivity contribution is 5.18. The summed E-state index contributed by atoms with van der Waals surface area (Å²) in [6, 6.07) is 11.3. The van der Waals surface area contributed by atoms with Crippen molar-refractivity contribution in [2.24, 2.45) is 5.73 Å². The Morgan fingerprint density at radius 2 is 1.93 bits per heavy atom. The molecule has 0 saturated carbocycles. The van der Waals surface area contributed by atoms with E-state index in [-0.39, 0.29) is 11.6 Å². The number of hydrogen-bond donors (Lipinski definition) is 3. The van der Waals surface area contributed by atoms with Gasteiger partial charge in [0.1, 0.15) is 0 Å². The molecule has 2 aromatic rings. The Bertz CT molecular complexity index is 472. The molecule has 1 atom stereocenters. The normalized spacial score (nSPS) is 12.6. The van der Waals surface area contributed by atoms with Gasteiger partial charge in [0.05, 0.1) is 11.7 Å². The second kappa shape index (κ2) is 4.14. The number of aromatic nitrogens is 2. The molecular formula is C11H13N3O. The van der Waals surface area contributed by atoms with Crippen molar-refractivity contribution in [3.63, 3.8) is 0 Å². The number of nitrogens with one attached hydrogen (secondary N) is 2. The van der Waals surface area contributed by atoms with Crippen molar-refractivity contribution in [2.45, 2.75) is 12.5 Å². The van der Waals surface area contributed by atoms with E-state index in [1.54, 1.807) is 0 Å². The maximum absolute atomic E-state index is 10.9. The average molecular weight is 203 g/mol. The molecule has 1 heterocycles. The molecule has 4 nitrogen and oxygen atoms in total. The Morgan fingerprint density at radius 3 is 2.53 bits per heavy atom. The van der Waals surface area contributed by atoms with Gasteiger partial charge >= 0.3 is 0 Å². The summed E-state index contributed by atoms with van der Waals surface area (Å²) in [5.41, 5.74) is 7.70. The van der Waals surface area contributed by atoms with Gasteiger partial charge in [-0.1, -0.05) is 30.3 Å². The van der Waals surface area contributed by atoms with Crippen LogP contribution >= 0.6 is 0 Å². The topological polar surface area (TPSA) is 74.7 Å². The smallest absolute Gasteiger partial charge is 0.264 e. The quantitative estimate of drug-likeness (QED) is 0.694. The highest BCUT2D eigenvalue weighted by Gasteiger charge is 2.08. The third-order valence-electron chi connectivity index (χ3n) is 2.31. The Balaban J connectivity index is 2.10. The molecule has 1 aromatic carbocycles. The first kappa shape index (κ1) is 9.73. The lowest BCUT2D eigenvalue weighted by Crippen LogP contribution is -2.13. The fourth-order valence-electron chi connectivity index (χ4n) is 1.52. The van der Waals surface area contributed by atoms with Crippen LogP contribution in [0.1, 0.15) is 17.3 Å². The zero-order chi connectivity index (χ0) is 10.7. The first-order chi connectivity index (χ1) is 7.25. The number of hydrogen-bond acceptors (Lipinski definition) is 2. The Labute approximate surface area is 87.1 Å². The second-order valence-electron chi connectivity index (χ2n) is 3.51. The van der Waals surface area contributed by atoms with Crippen molar-refractivity contribution >= 4 is 0 Å². The van der Waals surface area contributed by atoms with Gasteiger partial charge in [-0.15, -0.1) is 0 Å². The van der Waals surface area contributed by atoms with Crippen LogP contribution in [0, 0.1) is 0 Å². The fraction of sp³-hybridized carbons (Fsp3) is 0.182. The molecule has 0 amide bonds. The molecule has 2 rings (SSSR count). The molecule has 0 bridgehead atoms. The van der Waals surface area contributed by atoms with E-state index in [1.807, 2.05) is 30.3 Å². The molecule has 78 valence electrons. The average Bonchev–Trinajstić information content (AvgIpc) is 2.66.